The zero-order valence-corrected chi connectivity index (χ0v) is 21.6. The van der Waals surface area contributed by atoms with Gasteiger partial charge in [-0.2, -0.15) is 5.26 Å². The number of para-hydroxylation sites is 2. The van der Waals surface area contributed by atoms with Crippen LogP contribution in [0.15, 0.2) is 126 Å². The van der Waals surface area contributed by atoms with Gasteiger partial charge in [-0.3, -0.25) is 0 Å². The first-order valence-corrected chi connectivity index (χ1v) is 13.7. The third-order valence-electron chi connectivity index (χ3n) is 7.48. The number of benzene rings is 6. The second kappa shape index (κ2) is 8.46. The van der Waals surface area contributed by atoms with E-state index in [1.54, 1.807) is 0 Å². The Balaban J connectivity index is 1.51. The maximum Gasteiger partial charge on any atom is 0.159 e. The predicted molar refractivity (Wildman–Crippen MR) is 164 cm³/mol. The fraction of sp³-hybridized carbons (Fsp3) is 0. The van der Waals surface area contributed by atoms with Crippen molar-refractivity contribution in [2.45, 2.75) is 0 Å². The first kappa shape index (κ1) is 21.9. The summed E-state index contributed by atoms with van der Waals surface area (Å²) in [5, 5.41) is 16.5. The van der Waals surface area contributed by atoms with Gasteiger partial charge in [0.2, 0.25) is 0 Å². The molecule has 2 heterocycles. The van der Waals surface area contributed by atoms with Crippen LogP contribution in [0.1, 0.15) is 5.56 Å². The molecule has 8 rings (SSSR count). The van der Waals surface area contributed by atoms with E-state index in [2.05, 4.69) is 89.8 Å². The van der Waals surface area contributed by atoms with Crippen LogP contribution in [0.4, 0.5) is 17.1 Å². The smallest absolute Gasteiger partial charge is 0.159 e. The summed E-state index contributed by atoms with van der Waals surface area (Å²) in [7, 11) is 0. The molecule has 0 saturated carbocycles. The van der Waals surface area contributed by atoms with Crippen LogP contribution in [-0.2, 0) is 0 Å². The van der Waals surface area contributed by atoms with Crippen molar-refractivity contribution >= 4 is 81.3 Å². The van der Waals surface area contributed by atoms with Crippen LogP contribution < -0.4 is 4.90 Å². The summed E-state index contributed by atoms with van der Waals surface area (Å²) in [6.07, 6.45) is 0. The summed E-state index contributed by atoms with van der Waals surface area (Å²) in [6, 6.07) is 44.1. The summed E-state index contributed by atoms with van der Waals surface area (Å²) in [6.45, 7) is 0. The standard InChI is InChI=1S/C35H20N2OS/c36-21-22-16-18-23(19-17-22)37(30-13-7-12-27-25-9-3-5-14-32(25)38-34(27)30)31-20-29-26-10-4-6-15-33(26)39-35(29)28-11-2-1-8-24(28)31/h1-20H. The van der Waals surface area contributed by atoms with Gasteiger partial charge in [-0.15, -0.1) is 11.3 Å². The van der Waals surface area contributed by atoms with Gasteiger partial charge in [0.25, 0.3) is 0 Å². The summed E-state index contributed by atoms with van der Waals surface area (Å²) < 4.78 is 9.08. The van der Waals surface area contributed by atoms with Crippen LogP contribution in [0.5, 0.6) is 0 Å². The minimum absolute atomic E-state index is 0.629. The van der Waals surface area contributed by atoms with Crippen LogP contribution >= 0.6 is 11.3 Å². The zero-order chi connectivity index (χ0) is 25.9. The van der Waals surface area contributed by atoms with E-state index in [4.69, 9.17) is 4.42 Å². The summed E-state index contributed by atoms with van der Waals surface area (Å²) >= 11 is 1.84. The predicted octanol–water partition coefficient (Wildman–Crippen LogP) is 10.4. The normalized spacial score (nSPS) is 11.6. The topological polar surface area (TPSA) is 40.2 Å². The van der Waals surface area contributed by atoms with E-state index in [-0.39, 0.29) is 0 Å². The lowest BCUT2D eigenvalue weighted by atomic mass is 10.0. The molecule has 0 aliphatic rings. The van der Waals surface area contributed by atoms with Gasteiger partial charge in [-0.25, -0.2) is 0 Å². The van der Waals surface area contributed by atoms with Crippen molar-refractivity contribution < 1.29 is 4.42 Å². The van der Waals surface area contributed by atoms with E-state index in [1.165, 1.54) is 25.6 Å². The van der Waals surface area contributed by atoms with Gasteiger partial charge in [0.1, 0.15) is 5.58 Å². The number of hydrogen-bond donors (Lipinski definition) is 0. The van der Waals surface area contributed by atoms with E-state index in [0.29, 0.717) is 5.56 Å². The number of fused-ring (bicyclic) bond motifs is 8. The fourth-order valence-electron chi connectivity index (χ4n) is 5.71. The first-order chi connectivity index (χ1) is 19.3. The fourth-order valence-corrected chi connectivity index (χ4v) is 6.94. The van der Waals surface area contributed by atoms with Gasteiger partial charge >= 0.3 is 0 Å². The molecule has 182 valence electrons. The van der Waals surface area contributed by atoms with E-state index in [9.17, 15) is 5.26 Å². The van der Waals surface area contributed by atoms with E-state index in [1.807, 2.05) is 53.8 Å². The molecule has 8 aromatic rings. The van der Waals surface area contributed by atoms with Crippen molar-refractivity contribution in [2.24, 2.45) is 0 Å². The quantitative estimate of drug-likeness (QED) is 0.234. The Morgan fingerprint density at radius 2 is 1.28 bits per heavy atom. The summed E-state index contributed by atoms with van der Waals surface area (Å²) in [4.78, 5) is 2.28. The minimum Gasteiger partial charge on any atom is -0.454 e. The Kier molecular flexibility index (Phi) is 4.75. The van der Waals surface area contributed by atoms with Gasteiger partial charge < -0.3 is 9.32 Å². The highest BCUT2D eigenvalue weighted by molar-refractivity contribution is 7.26. The zero-order valence-electron chi connectivity index (χ0n) is 20.8. The molecule has 0 amide bonds. The summed E-state index contributed by atoms with van der Waals surface area (Å²) in [5.74, 6) is 0. The molecule has 0 unspecified atom stereocenters. The molecular formula is C35H20N2OS. The number of nitriles is 1. The minimum atomic E-state index is 0.629. The molecule has 6 aromatic carbocycles. The monoisotopic (exact) mass is 516 g/mol. The molecule has 0 atom stereocenters. The lowest BCUT2D eigenvalue weighted by Gasteiger charge is -2.27. The molecule has 0 fully saturated rings. The van der Waals surface area contributed by atoms with Crippen LogP contribution in [0.25, 0.3) is 52.9 Å². The van der Waals surface area contributed by atoms with Crippen molar-refractivity contribution in [3.63, 3.8) is 0 Å². The molecule has 39 heavy (non-hydrogen) atoms. The van der Waals surface area contributed by atoms with E-state index >= 15 is 0 Å². The Morgan fingerprint density at radius 1 is 0.590 bits per heavy atom. The Bertz CT molecular complexity index is 2250. The molecule has 0 bridgehead atoms. The molecule has 0 saturated heterocycles. The third-order valence-corrected chi connectivity index (χ3v) is 8.70. The molecule has 4 heteroatoms. The highest BCUT2D eigenvalue weighted by Gasteiger charge is 2.22. The molecule has 2 aromatic heterocycles. The molecule has 3 nitrogen and oxygen atoms in total. The van der Waals surface area contributed by atoms with Crippen molar-refractivity contribution in [1.82, 2.24) is 0 Å². The van der Waals surface area contributed by atoms with E-state index in [0.717, 1.165) is 44.4 Å². The maximum atomic E-state index is 9.48. The number of furan rings is 1. The van der Waals surface area contributed by atoms with Crippen LogP contribution in [0.3, 0.4) is 0 Å². The third kappa shape index (κ3) is 3.28. The van der Waals surface area contributed by atoms with Crippen molar-refractivity contribution in [3.8, 4) is 6.07 Å². The lowest BCUT2D eigenvalue weighted by Crippen LogP contribution is -2.11. The average Bonchev–Trinajstić information content (AvgIpc) is 3.57. The van der Waals surface area contributed by atoms with Crippen LogP contribution in [-0.4, -0.2) is 0 Å². The number of nitrogens with zero attached hydrogens (tertiary/aromatic N) is 2. The first-order valence-electron chi connectivity index (χ1n) is 12.8. The Labute approximate surface area is 228 Å². The second-order valence-corrected chi connectivity index (χ2v) is 10.7. The van der Waals surface area contributed by atoms with Gasteiger partial charge in [0.05, 0.1) is 23.0 Å². The van der Waals surface area contributed by atoms with Crippen molar-refractivity contribution in [1.29, 1.82) is 5.26 Å². The average molecular weight is 517 g/mol. The highest BCUT2D eigenvalue weighted by atomic mass is 32.1. The SMILES string of the molecule is N#Cc1ccc(N(c2cc3c4ccccc4sc3c3ccccc23)c2cccc3c2oc2ccccc23)cc1. The molecule has 0 N–H and O–H groups in total. The molecule has 0 radical (unpaired) electrons. The van der Waals surface area contributed by atoms with Gasteiger partial charge in [0, 0.05) is 47.4 Å². The van der Waals surface area contributed by atoms with Gasteiger partial charge in [-0.05, 0) is 48.5 Å². The molecule has 0 aliphatic carbocycles. The highest BCUT2D eigenvalue weighted by Crippen LogP contribution is 2.48. The van der Waals surface area contributed by atoms with Crippen molar-refractivity contribution in [3.05, 3.63) is 127 Å². The molecule has 0 spiro atoms. The largest absolute Gasteiger partial charge is 0.454 e. The Morgan fingerprint density at radius 3 is 2.10 bits per heavy atom. The van der Waals surface area contributed by atoms with Crippen LogP contribution in [0.2, 0.25) is 0 Å². The van der Waals surface area contributed by atoms with E-state index < -0.39 is 0 Å². The lowest BCUT2D eigenvalue weighted by molar-refractivity contribution is 0.669. The van der Waals surface area contributed by atoms with Gasteiger partial charge in [0.15, 0.2) is 5.58 Å². The Hall–Kier alpha value is -5.11. The van der Waals surface area contributed by atoms with Gasteiger partial charge in [-0.1, -0.05) is 72.8 Å². The molecular weight excluding hydrogens is 496 g/mol. The number of thiophene rings is 1. The summed E-state index contributed by atoms with van der Waals surface area (Å²) in [5.41, 5.74) is 5.32. The second-order valence-electron chi connectivity index (χ2n) is 9.66. The number of hydrogen-bond acceptors (Lipinski definition) is 4. The molecule has 0 aliphatic heterocycles. The van der Waals surface area contributed by atoms with Crippen LogP contribution in [0, 0.1) is 11.3 Å². The maximum absolute atomic E-state index is 9.48. The number of anilines is 3. The van der Waals surface area contributed by atoms with Crippen molar-refractivity contribution in [2.75, 3.05) is 4.90 Å². The number of rotatable bonds is 3.